The summed E-state index contributed by atoms with van der Waals surface area (Å²) in [5.74, 6) is 0. The standard InChI is InChI=1S/C16H23N5/c1-12-7-14(3)21(19-12)11-16-5-4-6-20(16)10-15-9-17-13(2)8-18-15/h7-9,16H,4-6,10-11H2,1-3H3/t16-/m1/s1. The van der Waals surface area contributed by atoms with Crippen molar-refractivity contribution in [1.29, 1.82) is 0 Å². The molecule has 3 heterocycles. The zero-order valence-corrected chi connectivity index (χ0v) is 13.1. The minimum Gasteiger partial charge on any atom is -0.293 e. The van der Waals surface area contributed by atoms with Crippen LogP contribution in [-0.2, 0) is 13.1 Å². The Hall–Kier alpha value is -1.75. The van der Waals surface area contributed by atoms with Crippen molar-refractivity contribution in [2.24, 2.45) is 0 Å². The molecule has 1 aliphatic rings. The van der Waals surface area contributed by atoms with E-state index < -0.39 is 0 Å². The molecule has 2 aromatic heterocycles. The van der Waals surface area contributed by atoms with Crippen LogP contribution in [0.5, 0.6) is 0 Å². The average molecular weight is 285 g/mol. The largest absolute Gasteiger partial charge is 0.293 e. The Kier molecular flexibility index (Phi) is 4.01. The molecular weight excluding hydrogens is 262 g/mol. The topological polar surface area (TPSA) is 46.8 Å². The minimum atomic E-state index is 0.547. The molecule has 0 unspecified atom stereocenters. The second-order valence-corrected chi connectivity index (χ2v) is 6.02. The highest BCUT2D eigenvalue weighted by molar-refractivity contribution is 5.07. The van der Waals surface area contributed by atoms with E-state index in [0.717, 1.165) is 36.7 Å². The van der Waals surface area contributed by atoms with Crippen LogP contribution >= 0.6 is 0 Å². The summed E-state index contributed by atoms with van der Waals surface area (Å²) in [5.41, 5.74) is 4.37. The summed E-state index contributed by atoms with van der Waals surface area (Å²) < 4.78 is 2.14. The van der Waals surface area contributed by atoms with E-state index in [1.165, 1.54) is 18.5 Å². The molecular formula is C16H23N5. The summed E-state index contributed by atoms with van der Waals surface area (Å²) in [7, 11) is 0. The van der Waals surface area contributed by atoms with Crippen molar-refractivity contribution in [2.75, 3.05) is 6.54 Å². The molecule has 0 radical (unpaired) electrons. The zero-order valence-electron chi connectivity index (χ0n) is 13.1. The van der Waals surface area contributed by atoms with Crippen LogP contribution in [0.25, 0.3) is 0 Å². The smallest absolute Gasteiger partial charge is 0.0727 e. The SMILES string of the molecule is Cc1cnc(CN2CCC[C@@H]2Cn2nc(C)cc2C)cn1. The fourth-order valence-electron chi connectivity index (χ4n) is 3.08. The van der Waals surface area contributed by atoms with Crippen LogP contribution in [0, 0.1) is 20.8 Å². The van der Waals surface area contributed by atoms with Gasteiger partial charge in [-0.25, -0.2) is 0 Å². The number of aryl methyl sites for hydroxylation is 3. The van der Waals surface area contributed by atoms with Gasteiger partial charge in [0.15, 0.2) is 0 Å². The molecule has 0 aliphatic carbocycles. The van der Waals surface area contributed by atoms with Crippen molar-refractivity contribution in [3.05, 3.63) is 41.2 Å². The summed E-state index contributed by atoms with van der Waals surface area (Å²) in [4.78, 5) is 11.3. The first kappa shape index (κ1) is 14.2. The van der Waals surface area contributed by atoms with Gasteiger partial charge < -0.3 is 0 Å². The highest BCUT2D eigenvalue weighted by Crippen LogP contribution is 2.21. The maximum absolute atomic E-state index is 4.59. The Morgan fingerprint density at radius 3 is 2.67 bits per heavy atom. The molecule has 5 heteroatoms. The van der Waals surface area contributed by atoms with E-state index in [-0.39, 0.29) is 0 Å². The van der Waals surface area contributed by atoms with Crippen LogP contribution < -0.4 is 0 Å². The van der Waals surface area contributed by atoms with Crippen LogP contribution in [0.3, 0.4) is 0 Å². The van der Waals surface area contributed by atoms with Gasteiger partial charge in [-0.1, -0.05) is 0 Å². The van der Waals surface area contributed by atoms with Gasteiger partial charge in [-0.2, -0.15) is 5.10 Å². The molecule has 1 fully saturated rings. The van der Waals surface area contributed by atoms with E-state index in [4.69, 9.17) is 0 Å². The molecule has 1 aliphatic heterocycles. The Morgan fingerprint density at radius 1 is 1.14 bits per heavy atom. The third-order valence-corrected chi connectivity index (χ3v) is 4.19. The van der Waals surface area contributed by atoms with Crippen molar-refractivity contribution in [1.82, 2.24) is 24.6 Å². The highest BCUT2D eigenvalue weighted by atomic mass is 15.3. The Bertz CT molecular complexity index is 602. The Morgan fingerprint density at radius 2 is 2.00 bits per heavy atom. The van der Waals surface area contributed by atoms with Gasteiger partial charge in [0.25, 0.3) is 0 Å². The quantitative estimate of drug-likeness (QED) is 0.864. The molecule has 0 aromatic carbocycles. The first-order valence-electron chi connectivity index (χ1n) is 7.64. The molecule has 1 atom stereocenters. The van der Waals surface area contributed by atoms with Gasteiger partial charge in [-0.3, -0.25) is 19.5 Å². The van der Waals surface area contributed by atoms with Crippen LogP contribution in [0.1, 0.15) is 35.6 Å². The van der Waals surface area contributed by atoms with Gasteiger partial charge in [-0.05, 0) is 46.2 Å². The summed E-state index contributed by atoms with van der Waals surface area (Å²) >= 11 is 0. The van der Waals surface area contributed by atoms with Crippen molar-refractivity contribution in [2.45, 2.75) is 52.7 Å². The molecule has 2 aromatic rings. The fraction of sp³-hybridized carbons (Fsp3) is 0.562. The second kappa shape index (κ2) is 5.93. The average Bonchev–Trinajstić information content (AvgIpc) is 3.00. The number of likely N-dealkylation sites (tertiary alicyclic amines) is 1. The van der Waals surface area contributed by atoms with E-state index in [9.17, 15) is 0 Å². The number of nitrogens with zero attached hydrogens (tertiary/aromatic N) is 5. The number of hydrogen-bond donors (Lipinski definition) is 0. The number of hydrogen-bond acceptors (Lipinski definition) is 4. The van der Waals surface area contributed by atoms with E-state index in [1.54, 1.807) is 0 Å². The number of rotatable bonds is 4. The highest BCUT2D eigenvalue weighted by Gasteiger charge is 2.25. The van der Waals surface area contributed by atoms with Gasteiger partial charge >= 0.3 is 0 Å². The number of aromatic nitrogens is 4. The molecule has 5 nitrogen and oxygen atoms in total. The molecule has 0 amide bonds. The van der Waals surface area contributed by atoms with Crippen LogP contribution in [-0.4, -0.2) is 37.2 Å². The van der Waals surface area contributed by atoms with Gasteiger partial charge in [0.1, 0.15) is 0 Å². The molecule has 0 saturated carbocycles. The van der Waals surface area contributed by atoms with Crippen molar-refractivity contribution in [3.8, 4) is 0 Å². The third-order valence-electron chi connectivity index (χ3n) is 4.19. The maximum Gasteiger partial charge on any atom is 0.0727 e. The monoisotopic (exact) mass is 285 g/mol. The third kappa shape index (κ3) is 3.29. The molecule has 1 saturated heterocycles. The molecule has 3 rings (SSSR count). The maximum atomic E-state index is 4.59. The van der Waals surface area contributed by atoms with Crippen molar-refractivity contribution in [3.63, 3.8) is 0 Å². The molecule has 0 bridgehead atoms. The first-order chi connectivity index (χ1) is 10.1. The van der Waals surface area contributed by atoms with Gasteiger partial charge in [0.2, 0.25) is 0 Å². The van der Waals surface area contributed by atoms with Crippen molar-refractivity contribution < 1.29 is 0 Å². The lowest BCUT2D eigenvalue weighted by Gasteiger charge is -2.24. The Labute approximate surface area is 126 Å². The lowest BCUT2D eigenvalue weighted by molar-refractivity contribution is 0.215. The molecule has 112 valence electrons. The predicted octanol–water partition coefficient (Wildman–Crippen LogP) is 2.26. The van der Waals surface area contributed by atoms with Crippen LogP contribution in [0.4, 0.5) is 0 Å². The van der Waals surface area contributed by atoms with Gasteiger partial charge in [-0.15, -0.1) is 0 Å². The lowest BCUT2D eigenvalue weighted by atomic mass is 10.2. The lowest BCUT2D eigenvalue weighted by Crippen LogP contribution is -2.33. The van der Waals surface area contributed by atoms with Crippen LogP contribution in [0.15, 0.2) is 18.5 Å². The normalized spacial score (nSPS) is 19.3. The summed E-state index contributed by atoms with van der Waals surface area (Å²) in [6.07, 6.45) is 6.23. The van der Waals surface area contributed by atoms with E-state index >= 15 is 0 Å². The van der Waals surface area contributed by atoms with Crippen molar-refractivity contribution >= 4 is 0 Å². The first-order valence-corrected chi connectivity index (χ1v) is 7.64. The summed E-state index contributed by atoms with van der Waals surface area (Å²) in [6, 6.07) is 2.69. The van der Waals surface area contributed by atoms with E-state index in [1.807, 2.05) is 19.3 Å². The van der Waals surface area contributed by atoms with E-state index in [0.29, 0.717) is 6.04 Å². The summed E-state index contributed by atoms with van der Waals surface area (Å²) in [6.45, 7) is 9.15. The van der Waals surface area contributed by atoms with Crippen LogP contribution in [0.2, 0.25) is 0 Å². The zero-order chi connectivity index (χ0) is 14.8. The van der Waals surface area contributed by atoms with Gasteiger partial charge in [0.05, 0.1) is 23.6 Å². The summed E-state index contributed by atoms with van der Waals surface area (Å²) in [5, 5.41) is 4.59. The molecule has 21 heavy (non-hydrogen) atoms. The predicted molar refractivity (Wildman–Crippen MR) is 81.9 cm³/mol. The molecule has 0 spiro atoms. The second-order valence-electron chi connectivity index (χ2n) is 6.02. The Balaban J connectivity index is 1.67. The molecule has 0 N–H and O–H groups in total. The minimum absolute atomic E-state index is 0.547. The van der Waals surface area contributed by atoms with Gasteiger partial charge in [0, 0.05) is 30.7 Å². The fourth-order valence-corrected chi connectivity index (χ4v) is 3.08. The van der Waals surface area contributed by atoms with E-state index in [2.05, 4.69) is 44.6 Å².